The first-order valence-corrected chi connectivity index (χ1v) is 11.8. The highest BCUT2D eigenvalue weighted by molar-refractivity contribution is 5.84. The van der Waals surface area contributed by atoms with E-state index in [2.05, 4.69) is 72.5 Å². The van der Waals surface area contributed by atoms with E-state index in [1.165, 1.54) is 34.7 Å². The number of carboxylic acids is 1. The van der Waals surface area contributed by atoms with Gasteiger partial charge < -0.3 is 9.84 Å². The van der Waals surface area contributed by atoms with Gasteiger partial charge in [-0.3, -0.25) is 9.69 Å². The molecular weight excluding hydrogens is 398 g/mol. The number of ether oxygens (including phenoxy) is 1. The van der Waals surface area contributed by atoms with Crippen molar-refractivity contribution in [3.8, 4) is 5.75 Å². The van der Waals surface area contributed by atoms with Gasteiger partial charge in [0.15, 0.2) is 0 Å². The summed E-state index contributed by atoms with van der Waals surface area (Å²) in [6, 6.07) is 23.4. The fourth-order valence-corrected chi connectivity index (χ4v) is 4.00. The Balaban J connectivity index is 1.46. The fourth-order valence-electron chi connectivity index (χ4n) is 4.00. The molecule has 0 aliphatic heterocycles. The van der Waals surface area contributed by atoms with Crippen LogP contribution < -0.4 is 4.74 Å². The highest BCUT2D eigenvalue weighted by atomic mass is 16.5. The van der Waals surface area contributed by atoms with Crippen molar-refractivity contribution >= 4 is 16.7 Å². The lowest BCUT2D eigenvalue weighted by atomic mass is 10.1. The summed E-state index contributed by atoms with van der Waals surface area (Å²) in [6.45, 7) is 5.13. The van der Waals surface area contributed by atoms with E-state index in [-0.39, 0.29) is 6.42 Å². The van der Waals surface area contributed by atoms with Crippen LogP contribution in [-0.2, 0) is 17.8 Å². The molecular formula is C28H35NO3. The second-order valence-electron chi connectivity index (χ2n) is 8.41. The average Bonchev–Trinajstić information content (AvgIpc) is 2.80. The van der Waals surface area contributed by atoms with Gasteiger partial charge in [0.25, 0.3) is 0 Å². The molecule has 0 atom stereocenters. The fraction of sp³-hybridized carbons (Fsp3) is 0.393. The Kier molecular flexibility index (Phi) is 9.58. The molecule has 3 rings (SSSR count). The van der Waals surface area contributed by atoms with E-state index < -0.39 is 5.97 Å². The summed E-state index contributed by atoms with van der Waals surface area (Å²) in [4.78, 5) is 13.1. The maximum atomic E-state index is 10.9. The monoisotopic (exact) mass is 433 g/mol. The lowest BCUT2D eigenvalue weighted by Crippen LogP contribution is -2.26. The summed E-state index contributed by atoms with van der Waals surface area (Å²) in [7, 11) is 0. The van der Waals surface area contributed by atoms with Crippen molar-refractivity contribution in [2.24, 2.45) is 0 Å². The summed E-state index contributed by atoms with van der Waals surface area (Å²) in [5, 5.41) is 11.3. The second kappa shape index (κ2) is 12.9. The highest BCUT2D eigenvalue weighted by Gasteiger charge is 2.08. The van der Waals surface area contributed by atoms with Crippen LogP contribution in [0.25, 0.3) is 10.8 Å². The van der Waals surface area contributed by atoms with Crippen LogP contribution in [0.15, 0.2) is 66.7 Å². The van der Waals surface area contributed by atoms with Crippen molar-refractivity contribution in [3.05, 3.63) is 77.9 Å². The lowest BCUT2D eigenvalue weighted by Gasteiger charge is -2.21. The number of hydrogen-bond acceptors (Lipinski definition) is 3. The molecule has 3 aromatic carbocycles. The van der Waals surface area contributed by atoms with E-state index in [4.69, 9.17) is 9.84 Å². The molecule has 4 heteroatoms. The zero-order valence-corrected chi connectivity index (χ0v) is 19.1. The molecule has 0 heterocycles. The summed E-state index contributed by atoms with van der Waals surface area (Å²) in [5.74, 6) is 0.177. The molecule has 170 valence electrons. The minimum atomic E-state index is -0.742. The van der Waals surface area contributed by atoms with Crippen LogP contribution in [-0.4, -0.2) is 35.7 Å². The molecule has 3 aromatic rings. The number of benzene rings is 3. The van der Waals surface area contributed by atoms with E-state index in [0.717, 1.165) is 44.7 Å². The average molecular weight is 434 g/mol. The predicted molar refractivity (Wildman–Crippen MR) is 131 cm³/mol. The molecule has 0 saturated heterocycles. The van der Waals surface area contributed by atoms with E-state index in [0.29, 0.717) is 6.54 Å². The maximum absolute atomic E-state index is 10.9. The van der Waals surface area contributed by atoms with Gasteiger partial charge >= 0.3 is 5.97 Å². The molecule has 0 aliphatic carbocycles. The lowest BCUT2D eigenvalue weighted by molar-refractivity contribution is -0.137. The third-order valence-electron chi connectivity index (χ3n) is 5.69. The Morgan fingerprint density at radius 3 is 2.44 bits per heavy atom. The van der Waals surface area contributed by atoms with Crippen molar-refractivity contribution in [3.63, 3.8) is 0 Å². The number of fused-ring (bicyclic) bond motifs is 1. The van der Waals surface area contributed by atoms with Gasteiger partial charge in [0.05, 0.1) is 13.0 Å². The van der Waals surface area contributed by atoms with Gasteiger partial charge in [-0.15, -0.1) is 0 Å². The van der Waals surface area contributed by atoms with Crippen LogP contribution in [0.5, 0.6) is 5.75 Å². The number of unbranched alkanes of at least 4 members (excludes halogenated alkanes) is 2. The summed E-state index contributed by atoms with van der Waals surface area (Å²) >= 11 is 0. The number of hydrogen-bond donors (Lipinski definition) is 1. The molecule has 0 amide bonds. The minimum Gasteiger partial charge on any atom is -0.494 e. The summed E-state index contributed by atoms with van der Waals surface area (Å²) < 4.78 is 5.98. The van der Waals surface area contributed by atoms with Gasteiger partial charge in [-0.1, -0.05) is 55.5 Å². The van der Waals surface area contributed by atoms with Gasteiger partial charge in [0, 0.05) is 13.1 Å². The molecule has 32 heavy (non-hydrogen) atoms. The van der Waals surface area contributed by atoms with E-state index in [1.54, 1.807) is 0 Å². The van der Waals surface area contributed by atoms with Gasteiger partial charge in [0.1, 0.15) is 5.75 Å². The Morgan fingerprint density at radius 1 is 0.875 bits per heavy atom. The Morgan fingerprint density at radius 2 is 1.66 bits per heavy atom. The number of rotatable bonds is 14. The molecule has 1 N–H and O–H groups in total. The highest BCUT2D eigenvalue weighted by Crippen LogP contribution is 2.23. The quantitative estimate of drug-likeness (QED) is 0.302. The van der Waals surface area contributed by atoms with Gasteiger partial charge in [-0.2, -0.15) is 0 Å². The van der Waals surface area contributed by atoms with E-state index in [1.807, 2.05) is 6.07 Å². The third kappa shape index (κ3) is 8.01. The van der Waals surface area contributed by atoms with E-state index in [9.17, 15) is 4.79 Å². The van der Waals surface area contributed by atoms with Crippen LogP contribution in [0.4, 0.5) is 0 Å². The Bertz CT molecular complexity index is 971. The molecule has 0 bridgehead atoms. The van der Waals surface area contributed by atoms with Crippen molar-refractivity contribution in [1.82, 2.24) is 4.90 Å². The zero-order chi connectivity index (χ0) is 22.6. The van der Waals surface area contributed by atoms with Crippen molar-refractivity contribution < 1.29 is 14.6 Å². The zero-order valence-electron chi connectivity index (χ0n) is 19.1. The molecule has 0 fully saturated rings. The number of carbonyl (C=O) groups is 1. The number of aryl methyl sites for hydroxylation is 1. The SMILES string of the molecule is CCCN(CCC(=O)O)Cc1ccc2cc(OCCCCCc3ccccc3)ccc2c1. The first kappa shape index (κ1) is 23.8. The van der Waals surface area contributed by atoms with Gasteiger partial charge in [-0.05, 0) is 78.7 Å². The summed E-state index contributed by atoms with van der Waals surface area (Å²) in [5.41, 5.74) is 2.62. The third-order valence-corrected chi connectivity index (χ3v) is 5.69. The molecule has 4 nitrogen and oxygen atoms in total. The van der Waals surface area contributed by atoms with Crippen LogP contribution in [0.2, 0.25) is 0 Å². The van der Waals surface area contributed by atoms with Crippen LogP contribution in [0.3, 0.4) is 0 Å². The smallest absolute Gasteiger partial charge is 0.304 e. The number of nitrogens with zero attached hydrogens (tertiary/aromatic N) is 1. The molecule has 0 aliphatic rings. The topological polar surface area (TPSA) is 49.8 Å². The van der Waals surface area contributed by atoms with Crippen molar-refractivity contribution in [2.45, 2.75) is 52.0 Å². The number of aliphatic carboxylic acids is 1. The van der Waals surface area contributed by atoms with Crippen LogP contribution >= 0.6 is 0 Å². The number of carboxylic acid groups (broad SMARTS) is 1. The van der Waals surface area contributed by atoms with Gasteiger partial charge in [0.2, 0.25) is 0 Å². The largest absolute Gasteiger partial charge is 0.494 e. The molecule has 0 radical (unpaired) electrons. The van der Waals surface area contributed by atoms with E-state index >= 15 is 0 Å². The summed E-state index contributed by atoms with van der Waals surface area (Å²) in [6.07, 6.45) is 5.75. The van der Waals surface area contributed by atoms with Crippen molar-refractivity contribution in [1.29, 1.82) is 0 Å². The Hall–Kier alpha value is -2.85. The molecule has 0 spiro atoms. The minimum absolute atomic E-state index is 0.181. The normalized spacial score (nSPS) is 11.2. The standard InChI is InChI=1S/C28H35NO3/c1-2-17-29(18-16-28(30)31)22-24-12-13-26-21-27(15-14-25(26)20-24)32-19-8-4-7-11-23-9-5-3-6-10-23/h3,5-6,9-10,12-15,20-21H,2,4,7-8,11,16-19,22H2,1H3,(H,30,31). The second-order valence-corrected chi connectivity index (χ2v) is 8.41. The molecule has 0 saturated carbocycles. The van der Waals surface area contributed by atoms with Crippen molar-refractivity contribution in [2.75, 3.05) is 19.7 Å². The first-order chi connectivity index (χ1) is 15.6. The Labute approximate surface area is 191 Å². The predicted octanol–water partition coefficient (Wildman–Crippen LogP) is 6.32. The maximum Gasteiger partial charge on any atom is 0.304 e. The van der Waals surface area contributed by atoms with Crippen LogP contribution in [0.1, 0.15) is 50.2 Å². The molecule has 0 unspecified atom stereocenters. The van der Waals surface area contributed by atoms with Gasteiger partial charge in [-0.25, -0.2) is 0 Å². The van der Waals surface area contributed by atoms with Crippen LogP contribution in [0, 0.1) is 0 Å². The first-order valence-electron chi connectivity index (χ1n) is 11.8. The molecule has 0 aromatic heterocycles.